The molecule has 2 fully saturated rings. The van der Waals surface area contributed by atoms with Gasteiger partial charge in [-0.15, -0.1) is 0 Å². The third-order valence-electron chi connectivity index (χ3n) is 4.06. The van der Waals surface area contributed by atoms with Gasteiger partial charge >= 0.3 is 0 Å². The van der Waals surface area contributed by atoms with E-state index in [4.69, 9.17) is 5.73 Å². The average Bonchev–Trinajstić information content (AvgIpc) is 2.65. The van der Waals surface area contributed by atoms with E-state index in [0.717, 1.165) is 12.1 Å². The molecule has 1 saturated carbocycles. The molecule has 1 aliphatic heterocycles. The van der Waals surface area contributed by atoms with E-state index in [0.29, 0.717) is 6.04 Å². The zero-order valence-electron chi connectivity index (χ0n) is 9.41. The van der Waals surface area contributed by atoms with Crippen molar-refractivity contribution < 1.29 is 0 Å². The van der Waals surface area contributed by atoms with Crippen molar-refractivity contribution in [1.29, 1.82) is 0 Å². The second-order valence-corrected chi connectivity index (χ2v) is 5.02. The fourth-order valence-corrected chi connectivity index (χ4v) is 3.23. The highest BCUT2D eigenvalue weighted by Crippen LogP contribution is 2.29. The van der Waals surface area contributed by atoms with Gasteiger partial charge in [-0.05, 0) is 45.1 Å². The van der Waals surface area contributed by atoms with Crippen LogP contribution in [0.1, 0.15) is 51.9 Å². The van der Waals surface area contributed by atoms with Gasteiger partial charge in [0.25, 0.3) is 0 Å². The molecule has 2 aliphatic rings. The SMILES string of the molecule is CCC1CCCCN1C1CCC(N)C1. The van der Waals surface area contributed by atoms with Crippen molar-refractivity contribution >= 4 is 0 Å². The van der Waals surface area contributed by atoms with Crippen LogP contribution in [0.15, 0.2) is 0 Å². The lowest BCUT2D eigenvalue weighted by atomic mass is 9.97. The molecular weight excluding hydrogens is 172 g/mol. The van der Waals surface area contributed by atoms with E-state index in [-0.39, 0.29) is 0 Å². The highest BCUT2D eigenvalue weighted by molar-refractivity contribution is 4.89. The Bertz CT molecular complexity index is 181. The summed E-state index contributed by atoms with van der Waals surface area (Å²) in [5, 5.41) is 0. The molecule has 2 heteroatoms. The molecule has 1 heterocycles. The quantitative estimate of drug-likeness (QED) is 0.733. The molecule has 0 aromatic heterocycles. The van der Waals surface area contributed by atoms with E-state index in [2.05, 4.69) is 11.8 Å². The van der Waals surface area contributed by atoms with Crippen LogP contribution in [-0.2, 0) is 0 Å². The molecule has 3 atom stereocenters. The minimum atomic E-state index is 0.486. The van der Waals surface area contributed by atoms with Crippen molar-refractivity contribution in [2.75, 3.05) is 6.54 Å². The van der Waals surface area contributed by atoms with Gasteiger partial charge in [0.05, 0.1) is 0 Å². The summed E-state index contributed by atoms with van der Waals surface area (Å²) in [5.41, 5.74) is 5.99. The first-order valence-corrected chi connectivity index (χ1v) is 6.32. The van der Waals surface area contributed by atoms with Crippen LogP contribution in [-0.4, -0.2) is 29.6 Å². The summed E-state index contributed by atoms with van der Waals surface area (Å²) in [4.78, 5) is 2.76. The lowest BCUT2D eigenvalue weighted by molar-refractivity contribution is 0.0936. The maximum atomic E-state index is 5.99. The Hall–Kier alpha value is -0.0800. The van der Waals surface area contributed by atoms with E-state index >= 15 is 0 Å². The Morgan fingerprint density at radius 3 is 2.71 bits per heavy atom. The predicted molar refractivity (Wildman–Crippen MR) is 60.3 cm³/mol. The third-order valence-corrected chi connectivity index (χ3v) is 4.06. The number of hydrogen-bond acceptors (Lipinski definition) is 2. The highest BCUT2D eigenvalue weighted by Gasteiger charge is 2.32. The molecule has 1 aliphatic carbocycles. The first-order valence-electron chi connectivity index (χ1n) is 6.32. The number of hydrogen-bond donors (Lipinski definition) is 1. The third kappa shape index (κ3) is 2.12. The van der Waals surface area contributed by atoms with Gasteiger partial charge in [-0.2, -0.15) is 0 Å². The van der Waals surface area contributed by atoms with E-state index in [1.807, 2.05) is 0 Å². The maximum absolute atomic E-state index is 5.99. The topological polar surface area (TPSA) is 29.3 Å². The average molecular weight is 196 g/mol. The van der Waals surface area contributed by atoms with Crippen LogP contribution >= 0.6 is 0 Å². The Morgan fingerprint density at radius 2 is 2.07 bits per heavy atom. The molecule has 2 N–H and O–H groups in total. The standard InChI is InChI=1S/C12H24N2/c1-2-11-5-3-4-8-14(11)12-7-6-10(13)9-12/h10-12H,2-9,13H2,1H3. The Labute approximate surface area is 87.8 Å². The summed E-state index contributed by atoms with van der Waals surface area (Å²) in [6, 6.07) is 2.16. The molecule has 0 radical (unpaired) electrons. The van der Waals surface area contributed by atoms with Crippen molar-refractivity contribution in [1.82, 2.24) is 4.90 Å². The van der Waals surface area contributed by atoms with Gasteiger partial charge in [-0.1, -0.05) is 13.3 Å². The molecule has 0 aromatic rings. The van der Waals surface area contributed by atoms with Gasteiger partial charge in [-0.25, -0.2) is 0 Å². The van der Waals surface area contributed by atoms with E-state index in [9.17, 15) is 0 Å². The highest BCUT2D eigenvalue weighted by atomic mass is 15.2. The van der Waals surface area contributed by atoms with Crippen LogP contribution in [0.2, 0.25) is 0 Å². The summed E-state index contributed by atoms with van der Waals surface area (Å²) in [6.45, 7) is 3.66. The molecule has 2 rings (SSSR count). The molecule has 0 aromatic carbocycles. The van der Waals surface area contributed by atoms with Crippen LogP contribution in [0, 0.1) is 0 Å². The Morgan fingerprint density at radius 1 is 1.21 bits per heavy atom. The Kier molecular flexibility index (Phi) is 3.45. The van der Waals surface area contributed by atoms with Crippen molar-refractivity contribution in [2.45, 2.75) is 70.0 Å². The van der Waals surface area contributed by atoms with Crippen molar-refractivity contribution in [3.63, 3.8) is 0 Å². The van der Waals surface area contributed by atoms with Crippen molar-refractivity contribution in [3.05, 3.63) is 0 Å². The van der Waals surface area contributed by atoms with E-state index < -0.39 is 0 Å². The van der Waals surface area contributed by atoms with Gasteiger partial charge in [0, 0.05) is 18.1 Å². The van der Waals surface area contributed by atoms with Crippen LogP contribution in [0.3, 0.4) is 0 Å². The lowest BCUT2D eigenvalue weighted by Gasteiger charge is -2.39. The molecule has 2 nitrogen and oxygen atoms in total. The van der Waals surface area contributed by atoms with Crippen LogP contribution in [0.5, 0.6) is 0 Å². The van der Waals surface area contributed by atoms with Gasteiger partial charge < -0.3 is 5.73 Å². The summed E-state index contributed by atoms with van der Waals surface area (Å²) in [7, 11) is 0. The van der Waals surface area contributed by atoms with Crippen LogP contribution in [0.4, 0.5) is 0 Å². The molecule has 14 heavy (non-hydrogen) atoms. The fourth-order valence-electron chi connectivity index (χ4n) is 3.23. The summed E-state index contributed by atoms with van der Waals surface area (Å²) in [6.07, 6.45) is 9.43. The molecule has 82 valence electrons. The normalized spacial score (nSPS) is 40.3. The molecule has 1 saturated heterocycles. The number of piperidine rings is 1. The van der Waals surface area contributed by atoms with Gasteiger partial charge in [0.15, 0.2) is 0 Å². The molecule has 3 unspecified atom stereocenters. The first-order chi connectivity index (χ1) is 6.81. The molecular formula is C12H24N2. The summed E-state index contributed by atoms with van der Waals surface area (Å²) < 4.78 is 0. The second kappa shape index (κ2) is 4.63. The predicted octanol–water partition coefficient (Wildman–Crippen LogP) is 2.13. The summed E-state index contributed by atoms with van der Waals surface area (Å²) in [5.74, 6) is 0. The smallest absolute Gasteiger partial charge is 0.0113 e. The monoisotopic (exact) mass is 196 g/mol. The summed E-state index contributed by atoms with van der Waals surface area (Å²) >= 11 is 0. The maximum Gasteiger partial charge on any atom is 0.0113 e. The van der Waals surface area contributed by atoms with Gasteiger partial charge in [0.1, 0.15) is 0 Å². The molecule has 0 amide bonds. The van der Waals surface area contributed by atoms with E-state index in [1.165, 1.54) is 51.5 Å². The number of likely N-dealkylation sites (tertiary alicyclic amines) is 1. The first kappa shape index (κ1) is 10.4. The van der Waals surface area contributed by atoms with Crippen molar-refractivity contribution in [2.24, 2.45) is 5.73 Å². The minimum absolute atomic E-state index is 0.486. The number of nitrogens with zero attached hydrogens (tertiary/aromatic N) is 1. The fraction of sp³-hybridized carbons (Fsp3) is 1.00. The largest absolute Gasteiger partial charge is 0.328 e. The lowest BCUT2D eigenvalue weighted by Crippen LogP contribution is -2.45. The van der Waals surface area contributed by atoms with Crippen molar-refractivity contribution in [3.8, 4) is 0 Å². The zero-order valence-corrected chi connectivity index (χ0v) is 9.41. The molecule has 0 spiro atoms. The van der Waals surface area contributed by atoms with Gasteiger partial charge in [0.2, 0.25) is 0 Å². The molecule has 0 bridgehead atoms. The minimum Gasteiger partial charge on any atom is -0.328 e. The second-order valence-electron chi connectivity index (χ2n) is 5.02. The number of rotatable bonds is 2. The van der Waals surface area contributed by atoms with Gasteiger partial charge in [-0.3, -0.25) is 4.90 Å². The Balaban J connectivity index is 1.93. The van der Waals surface area contributed by atoms with Crippen LogP contribution in [0.25, 0.3) is 0 Å². The van der Waals surface area contributed by atoms with E-state index in [1.54, 1.807) is 0 Å². The number of nitrogens with two attached hydrogens (primary N) is 1. The zero-order chi connectivity index (χ0) is 9.97. The van der Waals surface area contributed by atoms with Crippen LogP contribution < -0.4 is 5.73 Å².